The van der Waals surface area contributed by atoms with Gasteiger partial charge in [-0.3, -0.25) is 0 Å². The molecular weight excluding hydrogens is 217 g/mol. The zero-order valence-corrected chi connectivity index (χ0v) is 9.64. The van der Waals surface area contributed by atoms with Gasteiger partial charge in [0.05, 0.1) is 0 Å². The molecule has 88 valence electrons. The Morgan fingerprint density at radius 2 is 2.00 bits per heavy atom. The second-order valence-corrected chi connectivity index (χ2v) is 4.05. The quantitative estimate of drug-likeness (QED) is 0.741. The Hall–Kier alpha value is -1.90. The topological polar surface area (TPSA) is 22.0 Å². The summed E-state index contributed by atoms with van der Waals surface area (Å²) in [6.45, 7) is 0. The van der Waals surface area contributed by atoms with Crippen LogP contribution in [0.2, 0.25) is 0 Å². The molecule has 3 heteroatoms. The van der Waals surface area contributed by atoms with Crippen LogP contribution < -0.4 is 0 Å². The average Bonchev–Trinajstić information content (AvgIpc) is 2.74. The van der Waals surface area contributed by atoms with E-state index in [1.54, 1.807) is 12.1 Å². The van der Waals surface area contributed by atoms with Gasteiger partial charge in [0.25, 0.3) is 0 Å². The van der Waals surface area contributed by atoms with E-state index < -0.39 is 0 Å². The molecule has 1 aromatic carbocycles. The SMILES string of the molecule is Cn1cccc1[C@@H](CC=O)c1ccc(F)cc1. The number of halogens is 1. The molecule has 2 rings (SSSR count). The lowest BCUT2D eigenvalue weighted by atomic mass is 9.93. The lowest BCUT2D eigenvalue weighted by molar-refractivity contribution is -0.108. The summed E-state index contributed by atoms with van der Waals surface area (Å²) >= 11 is 0. The van der Waals surface area contributed by atoms with Crippen LogP contribution in [0.15, 0.2) is 42.6 Å². The zero-order chi connectivity index (χ0) is 12.3. The predicted octanol–water partition coefficient (Wildman–Crippen LogP) is 2.89. The normalized spacial score (nSPS) is 12.4. The van der Waals surface area contributed by atoms with Gasteiger partial charge in [-0.1, -0.05) is 12.1 Å². The first-order valence-corrected chi connectivity index (χ1v) is 5.52. The standard InChI is InChI=1S/C14H14FNO/c1-16-9-2-3-14(16)13(8-10-17)11-4-6-12(15)7-5-11/h2-7,9-10,13H,8H2,1H3/t13-/m0/s1. The van der Waals surface area contributed by atoms with Gasteiger partial charge in [0.1, 0.15) is 12.1 Å². The molecule has 0 aliphatic heterocycles. The summed E-state index contributed by atoms with van der Waals surface area (Å²) in [6, 6.07) is 10.2. The molecule has 2 aromatic rings. The van der Waals surface area contributed by atoms with Crippen molar-refractivity contribution in [2.45, 2.75) is 12.3 Å². The molecule has 0 bridgehead atoms. The van der Waals surface area contributed by atoms with Crippen molar-refractivity contribution in [3.8, 4) is 0 Å². The van der Waals surface area contributed by atoms with E-state index in [2.05, 4.69) is 0 Å². The molecule has 0 unspecified atom stereocenters. The number of aromatic nitrogens is 1. The number of hydrogen-bond donors (Lipinski definition) is 0. The second kappa shape index (κ2) is 4.95. The van der Waals surface area contributed by atoms with Crippen molar-refractivity contribution in [1.29, 1.82) is 0 Å². The summed E-state index contributed by atoms with van der Waals surface area (Å²) in [5.41, 5.74) is 2.02. The largest absolute Gasteiger partial charge is 0.354 e. The number of nitrogens with zero attached hydrogens (tertiary/aromatic N) is 1. The van der Waals surface area contributed by atoms with E-state index in [1.165, 1.54) is 12.1 Å². The van der Waals surface area contributed by atoms with E-state index in [0.29, 0.717) is 6.42 Å². The number of carbonyl (C=O) groups is 1. The Morgan fingerprint density at radius 3 is 2.53 bits per heavy atom. The van der Waals surface area contributed by atoms with Crippen molar-refractivity contribution >= 4 is 6.29 Å². The van der Waals surface area contributed by atoms with E-state index in [1.807, 2.05) is 29.9 Å². The Balaban J connectivity index is 2.38. The van der Waals surface area contributed by atoms with E-state index in [0.717, 1.165) is 17.5 Å². The maximum Gasteiger partial charge on any atom is 0.123 e. The third-order valence-electron chi connectivity index (χ3n) is 2.95. The highest BCUT2D eigenvalue weighted by atomic mass is 19.1. The number of rotatable bonds is 4. The molecular formula is C14H14FNO. The Morgan fingerprint density at radius 1 is 1.29 bits per heavy atom. The number of carbonyl (C=O) groups excluding carboxylic acids is 1. The lowest BCUT2D eigenvalue weighted by Crippen LogP contribution is -2.06. The molecule has 17 heavy (non-hydrogen) atoms. The third kappa shape index (κ3) is 2.44. The third-order valence-corrected chi connectivity index (χ3v) is 2.95. The molecule has 0 N–H and O–H groups in total. The number of benzene rings is 1. The molecule has 1 aromatic heterocycles. The molecule has 0 amide bonds. The summed E-state index contributed by atoms with van der Waals surface area (Å²) in [7, 11) is 1.94. The van der Waals surface area contributed by atoms with Crippen molar-refractivity contribution in [3.05, 3.63) is 59.7 Å². The van der Waals surface area contributed by atoms with Crippen LogP contribution in [0.1, 0.15) is 23.6 Å². The van der Waals surface area contributed by atoms with Gasteiger partial charge < -0.3 is 9.36 Å². The minimum absolute atomic E-state index is 0.00639. The number of aryl methyl sites for hydroxylation is 1. The monoisotopic (exact) mass is 231 g/mol. The van der Waals surface area contributed by atoms with Crippen molar-refractivity contribution in [2.75, 3.05) is 0 Å². The average molecular weight is 231 g/mol. The first kappa shape index (κ1) is 11.6. The highest BCUT2D eigenvalue weighted by Crippen LogP contribution is 2.27. The fourth-order valence-electron chi connectivity index (χ4n) is 2.06. The van der Waals surface area contributed by atoms with Crippen LogP contribution in [0.25, 0.3) is 0 Å². The van der Waals surface area contributed by atoms with Gasteiger partial charge in [-0.05, 0) is 29.8 Å². The maximum absolute atomic E-state index is 12.9. The molecule has 0 aliphatic rings. The van der Waals surface area contributed by atoms with E-state index in [9.17, 15) is 9.18 Å². The lowest BCUT2D eigenvalue weighted by Gasteiger charge is -2.16. The van der Waals surface area contributed by atoms with Crippen LogP contribution in [-0.4, -0.2) is 10.9 Å². The fourth-order valence-corrected chi connectivity index (χ4v) is 2.06. The van der Waals surface area contributed by atoms with Gasteiger partial charge in [0.15, 0.2) is 0 Å². The zero-order valence-electron chi connectivity index (χ0n) is 9.64. The maximum atomic E-state index is 12.9. The molecule has 1 atom stereocenters. The van der Waals surface area contributed by atoms with Crippen LogP contribution in [0.5, 0.6) is 0 Å². The van der Waals surface area contributed by atoms with Crippen LogP contribution in [0, 0.1) is 5.82 Å². The summed E-state index contributed by atoms with van der Waals surface area (Å²) in [5, 5.41) is 0. The van der Waals surface area contributed by atoms with E-state index in [-0.39, 0.29) is 11.7 Å². The number of hydrogen-bond acceptors (Lipinski definition) is 1. The molecule has 0 spiro atoms. The Bertz CT molecular complexity index is 501. The van der Waals surface area contributed by atoms with E-state index >= 15 is 0 Å². The minimum Gasteiger partial charge on any atom is -0.354 e. The molecule has 1 heterocycles. The van der Waals surface area contributed by atoms with Crippen molar-refractivity contribution in [2.24, 2.45) is 7.05 Å². The summed E-state index contributed by atoms with van der Waals surface area (Å²) in [6.07, 6.45) is 3.25. The van der Waals surface area contributed by atoms with Crippen molar-refractivity contribution in [1.82, 2.24) is 4.57 Å². The summed E-state index contributed by atoms with van der Waals surface area (Å²) in [4.78, 5) is 10.8. The Kier molecular flexibility index (Phi) is 3.38. The van der Waals surface area contributed by atoms with Gasteiger partial charge in [-0.2, -0.15) is 0 Å². The van der Waals surface area contributed by atoms with Gasteiger partial charge in [0.2, 0.25) is 0 Å². The summed E-state index contributed by atoms with van der Waals surface area (Å²) in [5.74, 6) is -0.265. The molecule has 0 saturated carbocycles. The molecule has 0 radical (unpaired) electrons. The van der Waals surface area contributed by atoms with Crippen LogP contribution in [0.4, 0.5) is 4.39 Å². The van der Waals surface area contributed by atoms with Gasteiger partial charge >= 0.3 is 0 Å². The van der Waals surface area contributed by atoms with Crippen molar-refractivity contribution < 1.29 is 9.18 Å². The highest BCUT2D eigenvalue weighted by Gasteiger charge is 2.16. The molecule has 0 saturated heterocycles. The number of aldehydes is 1. The first-order valence-electron chi connectivity index (χ1n) is 5.52. The first-order chi connectivity index (χ1) is 8.22. The smallest absolute Gasteiger partial charge is 0.123 e. The van der Waals surface area contributed by atoms with Gasteiger partial charge in [-0.15, -0.1) is 0 Å². The minimum atomic E-state index is -0.259. The molecule has 2 nitrogen and oxygen atoms in total. The van der Waals surface area contributed by atoms with Crippen LogP contribution in [0.3, 0.4) is 0 Å². The Labute approximate surface area is 99.7 Å². The molecule has 0 aliphatic carbocycles. The fraction of sp³-hybridized carbons (Fsp3) is 0.214. The van der Waals surface area contributed by atoms with Crippen LogP contribution >= 0.6 is 0 Å². The predicted molar refractivity (Wildman–Crippen MR) is 64.3 cm³/mol. The van der Waals surface area contributed by atoms with E-state index in [4.69, 9.17) is 0 Å². The van der Waals surface area contributed by atoms with Gasteiger partial charge in [-0.25, -0.2) is 4.39 Å². The van der Waals surface area contributed by atoms with Crippen LogP contribution in [-0.2, 0) is 11.8 Å². The summed E-state index contributed by atoms with van der Waals surface area (Å²) < 4.78 is 14.9. The molecule has 0 fully saturated rings. The van der Waals surface area contributed by atoms with Crippen molar-refractivity contribution in [3.63, 3.8) is 0 Å². The van der Waals surface area contributed by atoms with Gasteiger partial charge in [0, 0.05) is 31.3 Å². The second-order valence-electron chi connectivity index (χ2n) is 4.05. The highest BCUT2D eigenvalue weighted by molar-refractivity contribution is 5.53.